The van der Waals surface area contributed by atoms with Crippen LogP contribution < -0.4 is 10.1 Å². The lowest BCUT2D eigenvalue weighted by Crippen LogP contribution is -2.42. The van der Waals surface area contributed by atoms with E-state index in [1.165, 1.54) is 38.8 Å². The van der Waals surface area contributed by atoms with Crippen molar-refractivity contribution in [1.82, 2.24) is 4.90 Å². The van der Waals surface area contributed by atoms with Crippen LogP contribution in [0.25, 0.3) is 0 Å². The van der Waals surface area contributed by atoms with Gasteiger partial charge in [-0.2, -0.15) is 0 Å². The molecule has 0 amide bonds. The fourth-order valence-electron chi connectivity index (χ4n) is 2.87. The van der Waals surface area contributed by atoms with Crippen molar-refractivity contribution in [3.05, 3.63) is 24.3 Å². The fourth-order valence-corrected chi connectivity index (χ4v) is 2.87. The minimum atomic E-state index is 0.290. The molecule has 0 aliphatic carbocycles. The minimum absolute atomic E-state index is 0.290. The lowest BCUT2D eigenvalue weighted by atomic mass is 10.2. The molecule has 1 N–H and O–H groups in total. The highest BCUT2D eigenvalue weighted by atomic mass is 16.5. The van der Waals surface area contributed by atoms with Crippen molar-refractivity contribution < 1.29 is 4.74 Å². The third kappa shape index (κ3) is 2.78. The molecule has 1 unspecified atom stereocenters. The normalized spacial score (nSPS) is 24.6. The molecule has 2 heterocycles. The Bertz CT molecular complexity index is 386. The van der Waals surface area contributed by atoms with Crippen molar-refractivity contribution in [2.24, 2.45) is 0 Å². The summed E-state index contributed by atoms with van der Waals surface area (Å²) in [6.07, 6.45) is 5.76. The molecule has 0 aromatic heterocycles. The van der Waals surface area contributed by atoms with E-state index in [0.717, 1.165) is 24.5 Å². The maximum Gasteiger partial charge on any atom is 0.142 e. The Morgan fingerprint density at radius 2 is 1.89 bits per heavy atom. The molecular formula is C15H22N2O. The van der Waals surface area contributed by atoms with Crippen LogP contribution in [0.3, 0.4) is 0 Å². The van der Waals surface area contributed by atoms with Gasteiger partial charge < -0.3 is 10.1 Å². The van der Waals surface area contributed by atoms with Crippen LogP contribution in [-0.4, -0.2) is 37.2 Å². The summed E-state index contributed by atoms with van der Waals surface area (Å²) in [4.78, 5) is 2.56. The Balaban J connectivity index is 1.58. The second-order valence-corrected chi connectivity index (χ2v) is 5.33. The zero-order chi connectivity index (χ0) is 12.2. The van der Waals surface area contributed by atoms with E-state index in [-0.39, 0.29) is 6.10 Å². The highest BCUT2D eigenvalue weighted by molar-refractivity contribution is 5.57. The Morgan fingerprint density at radius 1 is 1.11 bits per heavy atom. The number of anilines is 1. The maximum atomic E-state index is 6.07. The van der Waals surface area contributed by atoms with E-state index in [2.05, 4.69) is 22.3 Å². The molecule has 3 heteroatoms. The van der Waals surface area contributed by atoms with Crippen molar-refractivity contribution >= 4 is 5.69 Å². The van der Waals surface area contributed by atoms with E-state index in [0.29, 0.717) is 0 Å². The van der Waals surface area contributed by atoms with Crippen molar-refractivity contribution in [3.8, 4) is 5.75 Å². The predicted octanol–water partition coefficient (Wildman–Crippen LogP) is 2.74. The number of nitrogens with zero attached hydrogens (tertiary/aromatic N) is 1. The standard InChI is InChI=1S/C15H22N2O/c1-2-6-10-17(9-5-1)12-13-11-16-14-7-3-4-8-15(14)18-13/h3-4,7-8,13,16H,1-2,5-6,9-12H2. The number of ether oxygens (including phenoxy) is 1. The Morgan fingerprint density at radius 3 is 2.72 bits per heavy atom. The molecule has 1 atom stereocenters. The number of hydrogen-bond acceptors (Lipinski definition) is 3. The van der Waals surface area contributed by atoms with Crippen LogP contribution in [-0.2, 0) is 0 Å². The zero-order valence-electron chi connectivity index (χ0n) is 10.9. The second-order valence-electron chi connectivity index (χ2n) is 5.33. The van der Waals surface area contributed by atoms with E-state index in [4.69, 9.17) is 4.74 Å². The zero-order valence-corrected chi connectivity index (χ0v) is 10.9. The minimum Gasteiger partial charge on any atom is -0.485 e. The summed E-state index contributed by atoms with van der Waals surface area (Å²) in [6.45, 7) is 4.46. The molecule has 18 heavy (non-hydrogen) atoms. The van der Waals surface area contributed by atoms with Gasteiger partial charge in [-0.3, -0.25) is 4.90 Å². The van der Waals surface area contributed by atoms with Crippen LogP contribution >= 0.6 is 0 Å². The van der Waals surface area contributed by atoms with Gasteiger partial charge in [0.2, 0.25) is 0 Å². The van der Waals surface area contributed by atoms with Gasteiger partial charge in [0, 0.05) is 6.54 Å². The number of rotatable bonds is 2. The Hall–Kier alpha value is -1.22. The monoisotopic (exact) mass is 246 g/mol. The molecule has 3 rings (SSSR count). The Labute approximate surface area is 109 Å². The van der Waals surface area contributed by atoms with Crippen LogP contribution in [0.4, 0.5) is 5.69 Å². The molecule has 0 bridgehead atoms. The van der Waals surface area contributed by atoms with Gasteiger partial charge >= 0.3 is 0 Å². The van der Waals surface area contributed by atoms with E-state index in [1.807, 2.05) is 12.1 Å². The Kier molecular flexibility index (Phi) is 3.69. The van der Waals surface area contributed by atoms with Crippen molar-refractivity contribution in [3.63, 3.8) is 0 Å². The van der Waals surface area contributed by atoms with E-state index in [9.17, 15) is 0 Å². The van der Waals surface area contributed by atoms with Crippen molar-refractivity contribution in [1.29, 1.82) is 0 Å². The number of likely N-dealkylation sites (tertiary alicyclic amines) is 1. The predicted molar refractivity (Wildman–Crippen MR) is 74.3 cm³/mol. The number of benzene rings is 1. The summed E-state index contributed by atoms with van der Waals surface area (Å²) in [5.74, 6) is 1.00. The summed E-state index contributed by atoms with van der Waals surface area (Å²) in [5.41, 5.74) is 1.13. The van der Waals surface area contributed by atoms with Crippen molar-refractivity contribution in [2.75, 3.05) is 31.5 Å². The number of hydrogen-bond donors (Lipinski definition) is 1. The highest BCUT2D eigenvalue weighted by Gasteiger charge is 2.21. The van der Waals surface area contributed by atoms with Gasteiger partial charge in [0.15, 0.2) is 0 Å². The highest BCUT2D eigenvalue weighted by Crippen LogP contribution is 2.28. The fraction of sp³-hybridized carbons (Fsp3) is 0.600. The maximum absolute atomic E-state index is 6.07. The van der Waals surface area contributed by atoms with Gasteiger partial charge in [-0.1, -0.05) is 25.0 Å². The third-order valence-electron chi connectivity index (χ3n) is 3.86. The van der Waals surface area contributed by atoms with Gasteiger partial charge in [0.25, 0.3) is 0 Å². The summed E-state index contributed by atoms with van der Waals surface area (Å²) in [5, 5.41) is 3.47. The van der Waals surface area contributed by atoms with Crippen LogP contribution in [0.5, 0.6) is 5.75 Å². The topological polar surface area (TPSA) is 24.5 Å². The first kappa shape index (κ1) is 11.8. The van der Waals surface area contributed by atoms with Gasteiger partial charge in [0.1, 0.15) is 11.9 Å². The lowest BCUT2D eigenvalue weighted by molar-refractivity contribution is 0.138. The van der Waals surface area contributed by atoms with Crippen LogP contribution in [0.15, 0.2) is 24.3 Å². The molecule has 1 aromatic rings. The summed E-state index contributed by atoms with van der Waals surface area (Å²) in [7, 11) is 0. The summed E-state index contributed by atoms with van der Waals surface area (Å²) in [6, 6.07) is 8.22. The average Bonchev–Trinajstić information content (AvgIpc) is 2.67. The molecule has 1 saturated heterocycles. The molecule has 0 radical (unpaired) electrons. The van der Waals surface area contributed by atoms with E-state index >= 15 is 0 Å². The van der Waals surface area contributed by atoms with E-state index < -0.39 is 0 Å². The first-order valence-corrected chi connectivity index (χ1v) is 7.14. The summed E-state index contributed by atoms with van der Waals surface area (Å²) >= 11 is 0. The molecule has 98 valence electrons. The van der Waals surface area contributed by atoms with Crippen molar-refractivity contribution in [2.45, 2.75) is 31.8 Å². The smallest absolute Gasteiger partial charge is 0.142 e. The molecule has 3 nitrogen and oxygen atoms in total. The summed E-state index contributed by atoms with van der Waals surface area (Å²) < 4.78 is 6.07. The van der Waals surface area contributed by atoms with Gasteiger partial charge in [0.05, 0.1) is 12.2 Å². The molecule has 1 aromatic carbocycles. The van der Waals surface area contributed by atoms with Crippen LogP contribution in [0, 0.1) is 0 Å². The van der Waals surface area contributed by atoms with Crippen LogP contribution in [0.2, 0.25) is 0 Å². The van der Waals surface area contributed by atoms with Gasteiger partial charge in [-0.15, -0.1) is 0 Å². The molecule has 0 saturated carbocycles. The molecular weight excluding hydrogens is 224 g/mol. The molecule has 2 aliphatic rings. The molecule has 0 spiro atoms. The third-order valence-corrected chi connectivity index (χ3v) is 3.86. The number of para-hydroxylation sites is 2. The van der Waals surface area contributed by atoms with Gasteiger partial charge in [-0.05, 0) is 38.1 Å². The van der Waals surface area contributed by atoms with Gasteiger partial charge in [-0.25, -0.2) is 0 Å². The molecule has 1 fully saturated rings. The number of fused-ring (bicyclic) bond motifs is 1. The number of nitrogens with one attached hydrogen (secondary N) is 1. The second kappa shape index (κ2) is 5.61. The average molecular weight is 246 g/mol. The largest absolute Gasteiger partial charge is 0.485 e. The quantitative estimate of drug-likeness (QED) is 0.868. The first-order chi connectivity index (χ1) is 8.92. The first-order valence-electron chi connectivity index (χ1n) is 7.14. The van der Waals surface area contributed by atoms with Crippen LogP contribution in [0.1, 0.15) is 25.7 Å². The molecule has 2 aliphatic heterocycles. The van der Waals surface area contributed by atoms with E-state index in [1.54, 1.807) is 0 Å². The SMILES string of the molecule is c1ccc2c(c1)NCC(CN1CCCCCC1)O2. The lowest BCUT2D eigenvalue weighted by Gasteiger charge is -2.31.